The Labute approximate surface area is 298 Å². The lowest BCUT2D eigenvalue weighted by molar-refractivity contribution is 0.0663. The summed E-state index contributed by atoms with van der Waals surface area (Å²) in [6.07, 6.45) is 3.36. The van der Waals surface area contributed by atoms with Crippen molar-refractivity contribution in [2.24, 2.45) is 0 Å². The van der Waals surface area contributed by atoms with Gasteiger partial charge in [-0.05, 0) is 97.3 Å². The molecule has 0 saturated carbocycles. The molecule has 51 heavy (non-hydrogen) atoms. The molecule has 0 saturated heterocycles. The van der Waals surface area contributed by atoms with E-state index in [1.807, 2.05) is 80.5 Å². The quantitative estimate of drug-likeness (QED) is 0.129. The van der Waals surface area contributed by atoms with E-state index in [0.29, 0.717) is 30.2 Å². The fourth-order valence-corrected chi connectivity index (χ4v) is 5.90. The first-order valence-electron chi connectivity index (χ1n) is 16.7. The van der Waals surface area contributed by atoms with Gasteiger partial charge in [-0.3, -0.25) is 4.79 Å². The first-order valence-corrected chi connectivity index (χ1v) is 16.7. The van der Waals surface area contributed by atoms with Gasteiger partial charge in [0.15, 0.2) is 5.82 Å². The topological polar surface area (TPSA) is 110 Å². The van der Waals surface area contributed by atoms with Gasteiger partial charge in [-0.15, -0.1) is 5.10 Å². The number of carbonyl (C=O) groups excluding carboxylic acids is 1. The molecule has 6 rings (SSSR count). The van der Waals surface area contributed by atoms with Crippen molar-refractivity contribution in [3.63, 3.8) is 0 Å². The molecule has 6 aromatic rings. The van der Waals surface area contributed by atoms with Crippen molar-refractivity contribution in [3.05, 3.63) is 137 Å². The number of methoxy groups -OCH3 is 2. The molecule has 0 N–H and O–H groups in total. The number of benzene rings is 3. The fourth-order valence-electron chi connectivity index (χ4n) is 5.90. The van der Waals surface area contributed by atoms with E-state index in [-0.39, 0.29) is 12.5 Å². The zero-order valence-corrected chi connectivity index (χ0v) is 29.8. The first-order chi connectivity index (χ1) is 24.7. The summed E-state index contributed by atoms with van der Waals surface area (Å²) in [7, 11) is 7.15. The minimum Gasteiger partial charge on any atom is -0.497 e. The summed E-state index contributed by atoms with van der Waals surface area (Å²) < 4.78 is 10.8. The lowest BCUT2D eigenvalue weighted by atomic mass is 10.1. The number of aromatic nitrogens is 5. The predicted molar refractivity (Wildman–Crippen MR) is 199 cm³/mol. The van der Waals surface area contributed by atoms with Crippen LogP contribution in [0.1, 0.15) is 51.5 Å². The van der Waals surface area contributed by atoms with E-state index in [2.05, 4.69) is 62.3 Å². The molecule has 0 radical (unpaired) electrons. The van der Waals surface area contributed by atoms with Gasteiger partial charge in [-0.1, -0.05) is 24.3 Å². The van der Waals surface area contributed by atoms with Gasteiger partial charge in [0.25, 0.3) is 5.91 Å². The Bertz CT molecular complexity index is 2020. The Hall–Kier alpha value is -6.10. The molecule has 1 atom stereocenters. The van der Waals surface area contributed by atoms with E-state index >= 15 is 0 Å². The second-order valence-electron chi connectivity index (χ2n) is 12.6. The van der Waals surface area contributed by atoms with Crippen LogP contribution >= 0.6 is 0 Å². The Morgan fingerprint density at radius 3 is 1.94 bits per heavy atom. The minimum absolute atomic E-state index is 0.169. The van der Waals surface area contributed by atoms with Gasteiger partial charge in [0.2, 0.25) is 0 Å². The molecule has 3 heterocycles. The van der Waals surface area contributed by atoms with E-state index < -0.39 is 6.04 Å². The van der Waals surface area contributed by atoms with Crippen LogP contribution in [0, 0.1) is 6.92 Å². The third-order valence-corrected chi connectivity index (χ3v) is 8.77. The zero-order chi connectivity index (χ0) is 35.9. The van der Waals surface area contributed by atoms with Gasteiger partial charge < -0.3 is 24.2 Å². The maximum atomic E-state index is 14.3. The highest BCUT2D eigenvalue weighted by atomic mass is 16.5. The number of nitrogens with zero attached hydrogens (tertiary/aromatic N) is 8. The minimum atomic E-state index is -0.420. The van der Waals surface area contributed by atoms with E-state index in [1.165, 1.54) is 0 Å². The van der Waals surface area contributed by atoms with Gasteiger partial charge in [0.05, 0.1) is 38.0 Å². The van der Waals surface area contributed by atoms with E-state index in [9.17, 15) is 4.79 Å². The molecule has 3 aromatic heterocycles. The molecule has 0 bridgehead atoms. The molecule has 1 amide bonds. The number of carbonyl (C=O) groups is 1. The normalized spacial score (nSPS) is 11.6. The Balaban J connectivity index is 1.32. The number of pyridine rings is 1. The average molecular weight is 683 g/mol. The second-order valence-corrected chi connectivity index (χ2v) is 12.6. The van der Waals surface area contributed by atoms with Crippen LogP contribution in [0.5, 0.6) is 11.5 Å². The molecule has 0 aliphatic carbocycles. The molecular weight excluding hydrogens is 640 g/mol. The summed E-state index contributed by atoms with van der Waals surface area (Å²) in [5.41, 5.74) is 5.23. The van der Waals surface area contributed by atoms with Crippen molar-refractivity contribution in [1.29, 1.82) is 0 Å². The van der Waals surface area contributed by atoms with Gasteiger partial charge in [-0.2, -0.15) is 5.10 Å². The Morgan fingerprint density at radius 2 is 1.39 bits per heavy atom. The molecule has 0 spiro atoms. The first kappa shape index (κ1) is 34.8. The molecule has 3 aromatic carbocycles. The lowest BCUT2D eigenvalue weighted by Crippen LogP contribution is -2.34. The Morgan fingerprint density at radius 1 is 0.765 bits per heavy atom. The highest BCUT2D eigenvalue weighted by Gasteiger charge is 2.26. The fraction of sp³-hybridized carbons (Fsp3) is 0.250. The standard InChI is InChI=1S/C40H42N8O3/c1-27-22-32-23-31(40(49)48(28(2)38-41-20-7-21-42-38)26-33-13-19-37(45-44-33)46(3)4)12-18-36(32)43-39(27)47(24-29-8-14-34(50-5)15-9-29)25-30-10-16-35(51-6)17-11-30/h7-23,28H,24-26H2,1-6H3. The summed E-state index contributed by atoms with van der Waals surface area (Å²) >= 11 is 0. The van der Waals surface area contributed by atoms with Crippen molar-refractivity contribution in [3.8, 4) is 11.5 Å². The van der Waals surface area contributed by atoms with Gasteiger partial charge >= 0.3 is 0 Å². The summed E-state index contributed by atoms with van der Waals surface area (Å²) in [4.78, 5) is 34.2. The SMILES string of the molecule is COc1ccc(CN(Cc2ccc(OC)cc2)c2nc3ccc(C(=O)N(Cc4ccc(N(C)C)nn4)C(C)c4ncccn4)cc3cc2C)cc1. The summed E-state index contributed by atoms with van der Waals surface area (Å²) in [5.74, 6) is 3.59. The van der Waals surface area contributed by atoms with Gasteiger partial charge in [0.1, 0.15) is 23.1 Å². The summed E-state index contributed by atoms with van der Waals surface area (Å²) in [6.45, 7) is 5.49. The second kappa shape index (κ2) is 15.6. The van der Waals surface area contributed by atoms with Crippen molar-refractivity contribution in [1.82, 2.24) is 30.0 Å². The maximum absolute atomic E-state index is 14.3. The molecule has 0 fully saturated rings. The number of anilines is 2. The van der Waals surface area contributed by atoms with Crippen LogP contribution < -0.4 is 19.3 Å². The number of hydrogen-bond donors (Lipinski definition) is 0. The van der Waals surface area contributed by atoms with Crippen LogP contribution in [-0.4, -0.2) is 64.3 Å². The third-order valence-electron chi connectivity index (χ3n) is 8.77. The summed E-state index contributed by atoms with van der Waals surface area (Å²) in [6, 6.07) is 29.1. The average Bonchev–Trinajstić information content (AvgIpc) is 3.16. The molecule has 0 aliphatic heterocycles. The monoisotopic (exact) mass is 682 g/mol. The number of aryl methyl sites for hydroxylation is 1. The number of hydrogen-bond acceptors (Lipinski definition) is 10. The number of ether oxygens (including phenoxy) is 2. The molecule has 11 heteroatoms. The number of amides is 1. The van der Waals surface area contributed by atoms with Crippen LogP contribution in [0.25, 0.3) is 10.9 Å². The largest absolute Gasteiger partial charge is 0.497 e. The van der Waals surface area contributed by atoms with Crippen molar-refractivity contribution >= 4 is 28.4 Å². The smallest absolute Gasteiger partial charge is 0.254 e. The highest BCUT2D eigenvalue weighted by molar-refractivity contribution is 5.98. The molecule has 260 valence electrons. The predicted octanol–water partition coefficient (Wildman–Crippen LogP) is 6.82. The maximum Gasteiger partial charge on any atom is 0.254 e. The molecular formula is C40H42N8O3. The number of rotatable bonds is 13. The van der Waals surface area contributed by atoms with Gasteiger partial charge in [0, 0.05) is 50.5 Å². The highest BCUT2D eigenvalue weighted by Crippen LogP contribution is 2.29. The molecule has 11 nitrogen and oxygen atoms in total. The zero-order valence-electron chi connectivity index (χ0n) is 29.8. The van der Waals surface area contributed by atoms with Crippen LogP contribution in [0.4, 0.5) is 11.6 Å². The van der Waals surface area contributed by atoms with Crippen LogP contribution in [0.15, 0.2) is 103 Å². The van der Waals surface area contributed by atoms with Gasteiger partial charge in [-0.25, -0.2) is 15.0 Å². The third kappa shape index (κ3) is 8.21. The Kier molecular flexibility index (Phi) is 10.6. The van der Waals surface area contributed by atoms with Crippen LogP contribution in [0.2, 0.25) is 0 Å². The molecule has 0 aliphatic rings. The van der Waals surface area contributed by atoms with Crippen LogP contribution in [0.3, 0.4) is 0 Å². The number of fused-ring (bicyclic) bond motifs is 1. The van der Waals surface area contributed by atoms with Crippen molar-refractivity contribution < 1.29 is 14.3 Å². The van der Waals surface area contributed by atoms with Crippen molar-refractivity contribution in [2.45, 2.75) is 39.5 Å². The molecule has 1 unspecified atom stereocenters. The van der Waals surface area contributed by atoms with Crippen molar-refractivity contribution in [2.75, 3.05) is 38.1 Å². The lowest BCUT2D eigenvalue weighted by Gasteiger charge is -2.28. The van der Waals surface area contributed by atoms with E-state index in [0.717, 1.165) is 50.7 Å². The van der Waals surface area contributed by atoms with E-state index in [4.69, 9.17) is 14.5 Å². The van der Waals surface area contributed by atoms with Crippen LogP contribution in [-0.2, 0) is 19.6 Å². The summed E-state index contributed by atoms with van der Waals surface area (Å²) in [5, 5.41) is 9.59. The van der Waals surface area contributed by atoms with E-state index in [1.54, 1.807) is 37.6 Å².